The van der Waals surface area contributed by atoms with Gasteiger partial charge in [0.15, 0.2) is 5.76 Å². The zero-order valence-corrected chi connectivity index (χ0v) is 15.5. The van der Waals surface area contributed by atoms with Gasteiger partial charge in [0.2, 0.25) is 0 Å². The second-order valence-corrected chi connectivity index (χ2v) is 6.62. The summed E-state index contributed by atoms with van der Waals surface area (Å²) in [5.74, 6) is 0.0893. The van der Waals surface area contributed by atoms with Crippen molar-refractivity contribution in [2.24, 2.45) is 0 Å². The second kappa shape index (κ2) is 8.14. The van der Waals surface area contributed by atoms with Gasteiger partial charge in [-0.05, 0) is 42.5 Å². The quantitative estimate of drug-likeness (QED) is 0.736. The van der Waals surface area contributed by atoms with Gasteiger partial charge in [-0.3, -0.25) is 9.59 Å². The fraction of sp³-hybridized carbons (Fsp3) is 0.190. The monoisotopic (exact) mass is 394 g/mol. The number of aromatic nitrogens is 1. The number of halogens is 1. The first-order valence-electron chi connectivity index (χ1n) is 9.21. The molecule has 0 aliphatic carbocycles. The van der Waals surface area contributed by atoms with Gasteiger partial charge in [-0.25, -0.2) is 9.37 Å². The normalized spacial score (nSPS) is 14.0. The number of carbonyl (C=O) groups excluding carboxylic acids is 2. The first-order valence-corrected chi connectivity index (χ1v) is 9.21. The van der Waals surface area contributed by atoms with Crippen LogP contribution < -0.4 is 10.2 Å². The van der Waals surface area contributed by atoms with E-state index in [-0.39, 0.29) is 11.8 Å². The molecule has 1 aliphatic rings. The lowest BCUT2D eigenvalue weighted by atomic mass is 10.2. The van der Waals surface area contributed by atoms with Crippen LogP contribution in [0.1, 0.15) is 20.9 Å². The molecule has 2 amide bonds. The Morgan fingerprint density at radius 3 is 2.59 bits per heavy atom. The van der Waals surface area contributed by atoms with Gasteiger partial charge < -0.3 is 19.5 Å². The highest BCUT2D eigenvalue weighted by Gasteiger charge is 2.24. The van der Waals surface area contributed by atoms with E-state index in [1.54, 1.807) is 41.4 Å². The third-order valence-corrected chi connectivity index (χ3v) is 4.71. The number of hydrogen-bond acceptors (Lipinski definition) is 5. The van der Waals surface area contributed by atoms with Gasteiger partial charge in [0.05, 0.1) is 6.26 Å². The van der Waals surface area contributed by atoms with Gasteiger partial charge in [-0.2, -0.15) is 0 Å². The van der Waals surface area contributed by atoms with Crippen molar-refractivity contribution in [2.45, 2.75) is 0 Å². The lowest BCUT2D eigenvalue weighted by molar-refractivity contribution is 0.0714. The fourth-order valence-electron chi connectivity index (χ4n) is 3.20. The first-order chi connectivity index (χ1) is 14.1. The molecule has 2 aromatic heterocycles. The minimum absolute atomic E-state index is 0.133. The maximum Gasteiger partial charge on any atom is 0.289 e. The minimum Gasteiger partial charge on any atom is -0.459 e. The lowest BCUT2D eigenvalue weighted by Gasteiger charge is -2.35. The molecule has 1 aromatic carbocycles. The molecule has 0 unspecified atom stereocenters. The van der Waals surface area contributed by atoms with Crippen LogP contribution in [-0.2, 0) is 0 Å². The summed E-state index contributed by atoms with van der Waals surface area (Å²) in [5, 5.41) is 2.68. The molecule has 0 spiro atoms. The van der Waals surface area contributed by atoms with Crippen LogP contribution in [0.4, 0.5) is 15.9 Å². The first kappa shape index (κ1) is 18.7. The van der Waals surface area contributed by atoms with Crippen molar-refractivity contribution in [1.29, 1.82) is 0 Å². The van der Waals surface area contributed by atoms with E-state index in [0.717, 1.165) is 0 Å². The highest BCUT2D eigenvalue weighted by molar-refractivity contribution is 6.04. The molecule has 3 aromatic rings. The van der Waals surface area contributed by atoms with Gasteiger partial charge in [0.25, 0.3) is 11.8 Å². The van der Waals surface area contributed by atoms with Gasteiger partial charge in [0, 0.05) is 43.6 Å². The number of nitrogens with one attached hydrogen (secondary N) is 1. The van der Waals surface area contributed by atoms with Crippen molar-refractivity contribution in [3.05, 3.63) is 78.1 Å². The summed E-state index contributed by atoms with van der Waals surface area (Å²) in [4.78, 5) is 33.0. The second-order valence-electron chi connectivity index (χ2n) is 6.62. The Morgan fingerprint density at radius 1 is 1.03 bits per heavy atom. The molecule has 1 N–H and O–H groups in total. The minimum atomic E-state index is -0.416. The lowest BCUT2D eigenvalue weighted by Crippen LogP contribution is -2.49. The molecule has 1 fully saturated rings. The number of nitrogens with zero attached hydrogens (tertiary/aromatic N) is 3. The van der Waals surface area contributed by atoms with Crippen LogP contribution in [0.3, 0.4) is 0 Å². The molecular formula is C21H19FN4O3. The summed E-state index contributed by atoms with van der Waals surface area (Å²) in [5.41, 5.74) is 0.812. The number of pyridine rings is 1. The molecule has 148 valence electrons. The van der Waals surface area contributed by atoms with Crippen molar-refractivity contribution in [3.63, 3.8) is 0 Å². The Kier molecular flexibility index (Phi) is 5.24. The zero-order valence-electron chi connectivity index (χ0n) is 15.5. The molecule has 7 nitrogen and oxygen atoms in total. The van der Waals surface area contributed by atoms with Crippen LogP contribution >= 0.6 is 0 Å². The fourth-order valence-corrected chi connectivity index (χ4v) is 3.20. The number of rotatable bonds is 4. The summed E-state index contributed by atoms with van der Waals surface area (Å²) >= 11 is 0. The van der Waals surface area contributed by atoms with Gasteiger partial charge in [0.1, 0.15) is 11.6 Å². The van der Waals surface area contributed by atoms with E-state index < -0.39 is 5.82 Å². The topological polar surface area (TPSA) is 78.7 Å². The van der Waals surface area contributed by atoms with Crippen molar-refractivity contribution >= 4 is 23.3 Å². The zero-order chi connectivity index (χ0) is 20.2. The third kappa shape index (κ3) is 4.26. The molecule has 1 aliphatic heterocycles. The Morgan fingerprint density at radius 2 is 1.86 bits per heavy atom. The van der Waals surface area contributed by atoms with Crippen LogP contribution in [-0.4, -0.2) is 47.9 Å². The van der Waals surface area contributed by atoms with E-state index in [1.165, 1.54) is 24.5 Å². The Balaban J connectivity index is 1.40. The van der Waals surface area contributed by atoms with E-state index >= 15 is 0 Å². The Labute approximate surface area is 166 Å². The molecule has 0 radical (unpaired) electrons. The molecule has 0 atom stereocenters. The molecule has 0 saturated carbocycles. The maximum atomic E-state index is 13.3. The number of hydrogen-bond donors (Lipinski definition) is 1. The largest absolute Gasteiger partial charge is 0.459 e. The highest BCUT2D eigenvalue weighted by atomic mass is 19.1. The number of carbonyl (C=O) groups is 2. The number of benzene rings is 1. The smallest absolute Gasteiger partial charge is 0.289 e. The number of anilines is 2. The van der Waals surface area contributed by atoms with E-state index in [4.69, 9.17) is 4.42 Å². The van der Waals surface area contributed by atoms with Crippen LogP contribution in [0.25, 0.3) is 0 Å². The highest BCUT2D eigenvalue weighted by Crippen LogP contribution is 2.18. The average Bonchev–Trinajstić information content (AvgIpc) is 3.28. The maximum absolute atomic E-state index is 13.3. The molecule has 29 heavy (non-hydrogen) atoms. The molecule has 0 bridgehead atoms. The van der Waals surface area contributed by atoms with Crippen LogP contribution in [0.15, 0.2) is 65.4 Å². The average molecular weight is 394 g/mol. The molecular weight excluding hydrogens is 375 g/mol. The summed E-state index contributed by atoms with van der Waals surface area (Å²) in [6.07, 6.45) is 3.05. The van der Waals surface area contributed by atoms with Crippen LogP contribution in [0.2, 0.25) is 0 Å². The van der Waals surface area contributed by atoms with Crippen molar-refractivity contribution < 1.29 is 18.4 Å². The summed E-state index contributed by atoms with van der Waals surface area (Å²) in [6, 6.07) is 12.4. The van der Waals surface area contributed by atoms with Crippen molar-refractivity contribution in [2.75, 3.05) is 36.4 Å². The van der Waals surface area contributed by atoms with E-state index in [9.17, 15) is 14.0 Å². The SMILES string of the molecule is O=C(Nc1cccc(F)c1)c1ccnc(N2CCN(C(=O)c3ccco3)CC2)c1. The number of amides is 2. The van der Waals surface area contributed by atoms with Gasteiger partial charge >= 0.3 is 0 Å². The van der Waals surface area contributed by atoms with E-state index in [2.05, 4.69) is 10.3 Å². The third-order valence-electron chi connectivity index (χ3n) is 4.71. The molecule has 1 saturated heterocycles. The summed E-state index contributed by atoms with van der Waals surface area (Å²) in [6.45, 7) is 2.24. The number of furan rings is 1. The molecule has 8 heteroatoms. The van der Waals surface area contributed by atoms with Gasteiger partial charge in [-0.1, -0.05) is 6.07 Å². The Hall–Kier alpha value is -3.68. The summed E-state index contributed by atoms with van der Waals surface area (Å²) < 4.78 is 18.5. The standard InChI is InChI=1S/C21H19FN4O3/c22-16-3-1-4-17(14-16)24-20(27)15-6-7-23-19(13-15)25-8-10-26(11-9-25)21(28)18-5-2-12-29-18/h1-7,12-14H,8-11H2,(H,24,27). The molecule has 4 rings (SSSR count). The van der Waals surface area contributed by atoms with Gasteiger partial charge in [-0.15, -0.1) is 0 Å². The van der Waals surface area contributed by atoms with Crippen LogP contribution in [0.5, 0.6) is 0 Å². The van der Waals surface area contributed by atoms with Crippen molar-refractivity contribution in [1.82, 2.24) is 9.88 Å². The summed E-state index contributed by atoms with van der Waals surface area (Å²) in [7, 11) is 0. The van der Waals surface area contributed by atoms with E-state index in [1.807, 2.05) is 4.90 Å². The predicted molar refractivity (Wildman–Crippen MR) is 105 cm³/mol. The number of piperazine rings is 1. The van der Waals surface area contributed by atoms with Crippen LogP contribution in [0, 0.1) is 5.82 Å². The van der Waals surface area contributed by atoms with Crippen molar-refractivity contribution in [3.8, 4) is 0 Å². The molecule has 3 heterocycles. The Bertz CT molecular complexity index is 1010. The van der Waals surface area contributed by atoms with E-state index in [0.29, 0.717) is 49.0 Å². The predicted octanol–water partition coefficient (Wildman–Crippen LogP) is 3.03.